The number of carbonyl (C=O) groups excluding carboxylic acids is 2. The summed E-state index contributed by atoms with van der Waals surface area (Å²) < 4.78 is 40.4. The Kier molecular flexibility index (Phi) is 5.33. The third-order valence-electron chi connectivity index (χ3n) is 6.53. The normalized spacial score (nSPS) is 36.0. The summed E-state index contributed by atoms with van der Waals surface area (Å²) in [5.41, 5.74) is -1.30. The van der Waals surface area contributed by atoms with Gasteiger partial charge in [0, 0.05) is 5.92 Å². The zero-order valence-electron chi connectivity index (χ0n) is 16.3. The summed E-state index contributed by atoms with van der Waals surface area (Å²) in [4.78, 5) is 23.9. The van der Waals surface area contributed by atoms with Crippen molar-refractivity contribution in [2.75, 3.05) is 19.8 Å². The molecule has 0 aromatic heterocycles. The Balaban J connectivity index is 1.42. The van der Waals surface area contributed by atoms with Gasteiger partial charge in [0.05, 0.1) is 22.8 Å². The highest BCUT2D eigenvalue weighted by Gasteiger charge is 2.69. The number of fused-ring (bicyclic) bond motifs is 1. The van der Waals surface area contributed by atoms with Gasteiger partial charge < -0.3 is 14.8 Å². The summed E-state index contributed by atoms with van der Waals surface area (Å²) in [6, 6.07) is 0. The predicted molar refractivity (Wildman–Crippen MR) is 96.2 cm³/mol. The van der Waals surface area contributed by atoms with Crippen LogP contribution in [0.3, 0.4) is 0 Å². The van der Waals surface area contributed by atoms with E-state index in [4.69, 9.17) is 13.7 Å². The lowest BCUT2D eigenvalue weighted by atomic mass is 9.83. The van der Waals surface area contributed by atoms with E-state index in [0.29, 0.717) is 12.8 Å². The molecular weight excluding hydrogens is 374 g/mol. The van der Waals surface area contributed by atoms with Crippen LogP contribution in [0.4, 0.5) is 0 Å². The molecule has 3 rings (SSSR count). The van der Waals surface area contributed by atoms with Gasteiger partial charge in [0.25, 0.3) is 10.1 Å². The Labute approximate surface area is 160 Å². The third kappa shape index (κ3) is 3.61. The van der Waals surface area contributed by atoms with Crippen molar-refractivity contribution in [2.45, 2.75) is 63.9 Å². The SMILES string of the molecule is CCC(C)(C)C(=O)OCCNC(=O)COC1(C)C2CC3C1OS(=O)(=O)C3C2. The molecule has 2 saturated carbocycles. The standard InChI is InChI=1S/C18H29NO7S/c1-5-17(2,3)16(21)24-7-6-19-14(20)10-25-18(4)11-8-12-13(9-11)27(22,23)26-15(12)18/h11-13,15H,5-10H2,1-4H3,(H,19,20). The fraction of sp³-hybridized carbons (Fsp3) is 0.889. The van der Waals surface area contributed by atoms with Crippen molar-refractivity contribution >= 4 is 22.0 Å². The first-order chi connectivity index (χ1) is 12.5. The van der Waals surface area contributed by atoms with Crippen molar-refractivity contribution in [3.63, 3.8) is 0 Å². The van der Waals surface area contributed by atoms with Crippen LogP contribution in [0, 0.1) is 17.3 Å². The van der Waals surface area contributed by atoms with Gasteiger partial charge in [-0.15, -0.1) is 0 Å². The highest BCUT2D eigenvalue weighted by Crippen LogP contribution is 2.60. The fourth-order valence-electron chi connectivity index (χ4n) is 4.34. The van der Waals surface area contributed by atoms with E-state index in [9.17, 15) is 18.0 Å². The maximum atomic E-state index is 12.0. The molecule has 0 spiro atoms. The summed E-state index contributed by atoms with van der Waals surface area (Å²) >= 11 is 0. The smallest absolute Gasteiger partial charge is 0.311 e. The van der Waals surface area contributed by atoms with Crippen molar-refractivity contribution in [3.8, 4) is 0 Å². The van der Waals surface area contributed by atoms with Gasteiger partial charge in [-0.3, -0.25) is 13.8 Å². The average Bonchev–Trinajstić information content (AvgIpc) is 3.21. The van der Waals surface area contributed by atoms with Gasteiger partial charge in [-0.05, 0) is 46.0 Å². The van der Waals surface area contributed by atoms with E-state index in [-0.39, 0.29) is 43.5 Å². The van der Waals surface area contributed by atoms with Crippen LogP contribution in [0.15, 0.2) is 0 Å². The Hall–Kier alpha value is -1.19. The van der Waals surface area contributed by atoms with E-state index in [1.807, 2.05) is 27.7 Å². The second kappa shape index (κ2) is 7.00. The number of hydrogen-bond acceptors (Lipinski definition) is 7. The first-order valence-corrected chi connectivity index (χ1v) is 11.0. The summed E-state index contributed by atoms with van der Waals surface area (Å²) in [5, 5.41) is 2.24. The number of carbonyl (C=O) groups is 2. The number of rotatable bonds is 8. The summed E-state index contributed by atoms with van der Waals surface area (Å²) in [6.07, 6.45) is 1.46. The van der Waals surface area contributed by atoms with Crippen LogP contribution in [-0.4, -0.2) is 57.0 Å². The number of esters is 1. The van der Waals surface area contributed by atoms with Crippen LogP contribution in [-0.2, 0) is 33.4 Å². The van der Waals surface area contributed by atoms with Gasteiger partial charge in [-0.1, -0.05) is 6.92 Å². The van der Waals surface area contributed by atoms with Gasteiger partial charge in [0.1, 0.15) is 19.3 Å². The van der Waals surface area contributed by atoms with Crippen LogP contribution in [0.2, 0.25) is 0 Å². The largest absolute Gasteiger partial charge is 0.463 e. The lowest BCUT2D eigenvalue weighted by Crippen LogP contribution is -2.49. The molecule has 9 heteroatoms. The second-order valence-electron chi connectivity index (χ2n) is 8.58. The van der Waals surface area contributed by atoms with E-state index < -0.39 is 32.5 Å². The molecule has 154 valence electrons. The Morgan fingerprint density at radius 3 is 2.67 bits per heavy atom. The number of nitrogens with one attached hydrogen (secondary N) is 1. The highest BCUT2D eigenvalue weighted by atomic mass is 32.2. The fourth-order valence-corrected chi connectivity index (χ4v) is 6.25. The minimum atomic E-state index is -3.51. The van der Waals surface area contributed by atoms with Crippen molar-refractivity contribution in [2.24, 2.45) is 17.3 Å². The van der Waals surface area contributed by atoms with Crippen molar-refractivity contribution in [1.82, 2.24) is 5.32 Å². The Bertz CT molecular complexity index is 719. The van der Waals surface area contributed by atoms with Crippen molar-refractivity contribution < 1.29 is 31.7 Å². The zero-order chi connectivity index (χ0) is 20.0. The number of hydrogen-bond donors (Lipinski definition) is 1. The van der Waals surface area contributed by atoms with Crippen LogP contribution in [0.5, 0.6) is 0 Å². The van der Waals surface area contributed by atoms with Crippen molar-refractivity contribution in [1.29, 1.82) is 0 Å². The summed E-state index contributed by atoms with van der Waals surface area (Å²) in [5.74, 6) is -0.574. The zero-order valence-corrected chi connectivity index (χ0v) is 17.1. The van der Waals surface area contributed by atoms with E-state index in [1.165, 1.54) is 0 Å². The minimum absolute atomic E-state index is 0.0330. The second-order valence-corrected chi connectivity index (χ2v) is 10.4. The van der Waals surface area contributed by atoms with Crippen molar-refractivity contribution in [3.05, 3.63) is 0 Å². The van der Waals surface area contributed by atoms with Gasteiger partial charge in [0.2, 0.25) is 5.91 Å². The molecule has 2 bridgehead atoms. The first kappa shape index (κ1) is 20.5. The van der Waals surface area contributed by atoms with Crippen LogP contribution < -0.4 is 5.32 Å². The third-order valence-corrected chi connectivity index (χ3v) is 8.29. The Morgan fingerprint density at radius 1 is 1.30 bits per heavy atom. The Morgan fingerprint density at radius 2 is 2.00 bits per heavy atom. The maximum absolute atomic E-state index is 12.0. The number of ether oxygens (including phenoxy) is 2. The van der Waals surface area contributed by atoms with Gasteiger partial charge in [-0.25, -0.2) is 0 Å². The van der Waals surface area contributed by atoms with E-state index in [1.54, 1.807) is 0 Å². The molecule has 1 N–H and O–H groups in total. The number of amides is 1. The summed E-state index contributed by atoms with van der Waals surface area (Å²) in [6.45, 7) is 7.49. The van der Waals surface area contributed by atoms with E-state index in [0.717, 1.165) is 6.42 Å². The molecular formula is C18H29NO7S. The van der Waals surface area contributed by atoms with Crippen LogP contribution in [0.1, 0.15) is 47.0 Å². The predicted octanol–water partition coefficient (Wildman–Crippen LogP) is 0.994. The van der Waals surface area contributed by atoms with Gasteiger partial charge >= 0.3 is 5.97 Å². The molecule has 2 aliphatic carbocycles. The molecule has 1 heterocycles. The molecule has 1 saturated heterocycles. The summed E-state index contributed by atoms with van der Waals surface area (Å²) in [7, 11) is -3.51. The average molecular weight is 403 g/mol. The highest BCUT2D eigenvalue weighted by molar-refractivity contribution is 7.87. The maximum Gasteiger partial charge on any atom is 0.311 e. The molecule has 0 aromatic rings. The lowest BCUT2D eigenvalue weighted by molar-refractivity contribution is -0.155. The molecule has 27 heavy (non-hydrogen) atoms. The molecule has 8 nitrogen and oxygen atoms in total. The molecule has 1 amide bonds. The topological polar surface area (TPSA) is 108 Å². The van der Waals surface area contributed by atoms with Gasteiger partial charge in [-0.2, -0.15) is 8.42 Å². The van der Waals surface area contributed by atoms with Crippen LogP contribution >= 0.6 is 0 Å². The molecule has 5 unspecified atom stereocenters. The molecule has 5 atom stereocenters. The molecule has 1 aliphatic heterocycles. The monoisotopic (exact) mass is 403 g/mol. The first-order valence-electron chi connectivity index (χ1n) is 9.51. The minimum Gasteiger partial charge on any atom is -0.463 e. The molecule has 0 aromatic carbocycles. The lowest BCUT2D eigenvalue weighted by Gasteiger charge is -2.36. The molecule has 3 fully saturated rings. The molecule has 3 aliphatic rings. The molecule has 0 radical (unpaired) electrons. The van der Waals surface area contributed by atoms with E-state index in [2.05, 4.69) is 5.32 Å². The van der Waals surface area contributed by atoms with Crippen LogP contribution in [0.25, 0.3) is 0 Å². The quantitative estimate of drug-likeness (QED) is 0.366. The van der Waals surface area contributed by atoms with E-state index >= 15 is 0 Å². The van der Waals surface area contributed by atoms with Gasteiger partial charge in [0.15, 0.2) is 0 Å².